The van der Waals surface area contributed by atoms with Gasteiger partial charge in [-0.1, -0.05) is 139 Å². The minimum atomic E-state index is -2.35. The van der Waals surface area contributed by atoms with Gasteiger partial charge < -0.3 is 0 Å². The van der Waals surface area contributed by atoms with Gasteiger partial charge in [0.25, 0.3) is 0 Å². The quantitative estimate of drug-likeness (QED) is 0.153. The third-order valence-electron chi connectivity index (χ3n) is 8.67. The van der Waals surface area contributed by atoms with Gasteiger partial charge in [0.1, 0.15) is 0 Å². The lowest BCUT2D eigenvalue weighted by molar-refractivity contribution is 1.25. The lowest BCUT2D eigenvalue weighted by Crippen LogP contribution is -1.93. The molecule has 210 valence electrons. The van der Waals surface area contributed by atoms with Crippen LogP contribution in [0.4, 0.5) is 0 Å². The Morgan fingerprint density at radius 2 is 0.978 bits per heavy atom. The van der Waals surface area contributed by atoms with Crippen LogP contribution in [0.1, 0.15) is 16.7 Å². The number of fused-ring (bicyclic) bond motifs is 6. The SMILES string of the molecule is [2H]c1c([2H])c([2H])c(-c2c3ccccc3c(-c3ccc(-c4ccc5ccc6ccc(C([2H])([2H])[2H])nc6c5n4)c4ccccc34)c3ccccc23)c([2H])c1[2H]. The van der Waals surface area contributed by atoms with E-state index >= 15 is 0 Å². The van der Waals surface area contributed by atoms with Crippen molar-refractivity contribution in [3.63, 3.8) is 0 Å². The number of nitrogens with zero attached hydrogens (tertiary/aromatic N) is 2. The Balaban J connectivity index is 1.32. The molecule has 0 N–H and O–H groups in total. The smallest absolute Gasteiger partial charge is 0.0972 e. The highest BCUT2D eigenvalue weighted by atomic mass is 14.8. The minimum Gasteiger partial charge on any atom is -0.251 e. The number of hydrogen-bond donors (Lipinski definition) is 0. The first-order chi connectivity index (χ1) is 25.5. The summed E-state index contributed by atoms with van der Waals surface area (Å²) in [6.07, 6.45) is 0. The Hall–Kier alpha value is -5.86. The second-order valence-electron chi connectivity index (χ2n) is 11.1. The predicted octanol–water partition coefficient (Wildman–Crippen LogP) is 11.6. The molecule has 2 nitrogen and oxygen atoms in total. The van der Waals surface area contributed by atoms with Gasteiger partial charge in [-0.05, 0) is 73.6 Å². The molecule has 0 unspecified atom stereocenters. The zero-order valence-corrected chi connectivity index (χ0v) is 23.9. The number of aromatic nitrogens is 2. The molecule has 0 saturated heterocycles. The summed E-state index contributed by atoms with van der Waals surface area (Å²) in [4.78, 5) is 9.66. The highest BCUT2D eigenvalue weighted by Gasteiger charge is 2.19. The fraction of sp³-hybridized carbons (Fsp3) is 0.0233. The first-order valence-corrected chi connectivity index (χ1v) is 14.8. The van der Waals surface area contributed by atoms with Gasteiger partial charge in [0.2, 0.25) is 0 Å². The first-order valence-electron chi connectivity index (χ1n) is 18.8. The molecule has 9 aromatic rings. The average molecular weight is 581 g/mol. The fourth-order valence-electron chi connectivity index (χ4n) is 6.72. The Morgan fingerprint density at radius 3 is 1.62 bits per heavy atom. The summed E-state index contributed by atoms with van der Waals surface area (Å²) in [5.41, 5.74) is 5.52. The van der Waals surface area contributed by atoms with E-state index in [-0.39, 0.29) is 35.4 Å². The molecule has 0 aliphatic heterocycles. The average Bonchev–Trinajstić information content (AvgIpc) is 3.18. The molecule has 2 aromatic heterocycles. The van der Waals surface area contributed by atoms with Crippen LogP contribution in [0.15, 0.2) is 152 Å². The Bertz CT molecular complexity index is 2920. The lowest BCUT2D eigenvalue weighted by atomic mass is 9.84. The van der Waals surface area contributed by atoms with E-state index in [4.69, 9.17) is 16.0 Å². The van der Waals surface area contributed by atoms with Crippen molar-refractivity contribution in [1.82, 2.24) is 9.97 Å². The largest absolute Gasteiger partial charge is 0.251 e. The van der Waals surface area contributed by atoms with Crippen LogP contribution < -0.4 is 0 Å². The second-order valence-corrected chi connectivity index (χ2v) is 11.1. The molecule has 2 heteroatoms. The number of pyridine rings is 2. The van der Waals surface area contributed by atoms with Crippen molar-refractivity contribution in [2.24, 2.45) is 0 Å². The van der Waals surface area contributed by atoms with Crippen molar-refractivity contribution >= 4 is 54.1 Å². The normalized spacial score (nSPS) is 14.5. The van der Waals surface area contributed by atoms with E-state index in [1.807, 2.05) is 84.9 Å². The van der Waals surface area contributed by atoms with Gasteiger partial charge in [-0.25, -0.2) is 4.98 Å². The van der Waals surface area contributed by atoms with Crippen LogP contribution in [-0.2, 0) is 0 Å². The van der Waals surface area contributed by atoms with Crippen LogP contribution in [0.5, 0.6) is 0 Å². The maximum Gasteiger partial charge on any atom is 0.0972 e. The summed E-state index contributed by atoms with van der Waals surface area (Å²) in [7, 11) is 0. The van der Waals surface area contributed by atoms with Crippen molar-refractivity contribution in [2.75, 3.05) is 0 Å². The van der Waals surface area contributed by atoms with Gasteiger partial charge in [-0.3, -0.25) is 4.98 Å². The molecule has 0 atom stereocenters. The third kappa shape index (κ3) is 4.03. The van der Waals surface area contributed by atoms with E-state index in [0.29, 0.717) is 16.6 Å². The predicted molar refractivity (Wildman–Crippen MR) is 191 cm³/mol. The van der Waals surface area contributed by atoms with Crippen molar-refractivity contribution in [3.05, 3.63) is 157 Å². The minimum absolute atomic E-state index is 0.0246. The topological polar surface area (TPSA) is 25.8 Å². The van der Waals surface area contributed by atoms with Crippen molar-refractivity contribution in [1.29, 1.82) is 0 Å². The maximum absolute atomic E-state index is 8.88. The number of aryl methyl sites for hydroxylation is 1. The maximum atomic E-state index is 8.88. The lowest BCUT2D eigenvalue weighted by Gasteiger charge is -2.19. The van der Waals surface area contributed by atoms with Gasteiger partial charge >= 0.3 is 0 Å². The molecule has 7 aromatic carbocycles. The van der Waals surface area contributed by atoms with Crippen LogP contribution in [0, 0.1) is 6.85 Å². The van der Waals surface area contributed by atoms with E-state index < -0.39 is 12.9 Å². The van der Waals surface area contributed by atoms with Crippen molar-refractivity contribution in [3.8, 4) is 33.5 Å². The highest BCUT2D eigenvalue weighted by molar-refractivity contribution is 6.24. The summed E-state index contributed by atoms with van der Waals surface area (Å²) >= 11 is 0. The molecule has 0 fully saturated rings. The molecule has 2 heterocycles. The number of hydrogen-bond acceptors (Lipinski definition) is 2. The van der Waals surface area contributed by atoms with E-state index in [0.717, 1.165) is 65.5 Å². The van der Waals surface area contributed by atoms with Gasteiger partial charge in [0, 0.05) is 26.1 Å². The van der Waals surface area contributed by atoms with Crippen LogP contribution >= 0.6 is 0 Å². The summed E-state index contributed by atoms with van der Waals surface area (Å²) in [6, 6.07) is 37.5. The molecule has 0 aliphatic rings. The van der Waals surface area contributed by atoms with E-state index in [1.54, 1.807) is 12.1 Å². The molecule has 0 bridgehead atoms. The monoisotopic (exact) mass is 580 g/mol. The number of benzene rings is 7. The molecule has 0 saturated carbocycles. The summed E-state index contributed by atoms with van der Waals surface area (Å²) in [6.45, 7) is -2.35. The zero-order chi connectivity index (χ0) is 36.8. The fourth-order valence-corrected chi connectivity index (χ4v) is 6.72. The van der Waals surface area contributed by atoms with Crippen LogP contribution in [0.3, 0.4) is 0 Å². The molecule has 0 radical (unpaired) electrons. The highest BCUT2D eigenvalue weighted by Crippen LogP contribution is 2.46. The van der Waals surface area contributed by atoms with E-state index in [1.165, 1.54) is 0 Å². The molecule has 0 amide bonds. The van der Waals surface area contributed by atoms with Crippen LogP contribution in [0.2, 0.25) is 0 Å². The number of rotatable bonds is 3. The molecule has 0 spiro atoms. The first kappa shape index (κ1) is 18.7. The van der Waals surface area contributed by atoms with Crippen molar-refractivity contribution in [2.45, 2.75) is 6.85 Å². The Morgan fingerprint density at radius 1 is 0.467 bits per heavy atom. The van der Waals surface area contributed by atoms with Gasteiger partial charge in [0.05, 0.1) is 23.6 Å². The summed E-state index contributed by atoms with van der Waals surface area (Å²) in [5.74, 6) is 0. The Labute approximate surface area is 272 Å². The van der Waals surface area contributed by atoms with E-state index in [9.17, 15) is 0 Å². The van der Waals surface area contributed by atoms with Gasteiger partial charge in [0.15, 0.2) is 0 Å². The zero-order valence-electron chi connectivity index (χ0n) is 31.9. The molecule has 0 aliphatic carbocycles. The Kier molecular flexibility index (Phi) is 4.21. The molecular formula is C43H28N2. The third-order valence-corrected chi connectivity index (χ3v) is 8.67. The summed E-state index contributed by atoms with van der Waals surface area (Å²) < 4.78 is 66.6. The molecule has 45 heavy (non-hydrogen) atoms. The van der Waals surface area contributed by atoms with E-state index in [2.05, 4.69) is 29.2 Å². The van der Waals surface area contributed by atoms with Gasteiger partial charge in [-0.15, -0.1) is 0 Å². The molecule has 9 rings (SSSR count). The van der Waals surface area contributed by atoms with Crippen molar-refractivity contribution < 1.29 is 11.0 Å². The van der Waals surface area contributed by atoms with Gasteiger partial charge in [-0.2, -0.15) is 0 Å². The van der Waals surface area contributed by atoms with Crippen LogP contribution in [-0.4, -0.2) is 9.97 Å². The standard InChI is InChI=1S/C43H28N2/c1-27-19-20-29-21-22-30-23-26-39(45-43(30)42(29)44-27)33-24-25-38(32-14-6-5-13-31(32)33)41-36-17-9-7-15-34(36)40(28-11-3-2-4-12-28)35-16-8-10-18-37(35)41/h2-26H,1H3/i1D3,2D,3D,4D,11D,12D. The molecular weight excluding hydrogens is 544 g/mol. The second kappa shape index (κ2) is 10.1. The summed E-state index contributed by atoms with van der Waals surface area (Å²) in [5, 5.41) is 6.94. The van der Waals surface area contributed by atoms with Crippen LogP contribution in [0.25, 0.3) is 87.6 Å².